The summed E-state index contributed by atoms with van der Waals surface area (Å²) in [6, 6.07) is 8.20. The number of methoxy groups -OCH3 is 1. The molecule has 2 aliphatic rings. The molecule has 0 bridgehead atoms. The Labute approximate surface area is 166 Å². The fourth-order valence-electron chi connectivity index (χ4n) is 3.82. The molecule has 1 aromatic rings. The van der Waals surface area contributed by atoms with E-state index in [9.17, 15) is 14.7 Å². The first-order chi connectivity index (χ1) is 13.6. The molecule has 2 N–H and O–H groups in total. The third-order valence-electron chi connectivity index (χ3n) is 5.38. The van der Waals surface area contributed by atoms with E-state index in [2.05, 4.69) is 28.4 Å². The zero-order chi connectivity index (χ0) is 19.9. The van der Waals surface area contributed by atoms with Crippen LogP contribution in [-0.2, 0) is 17.7 Å². The van der Waals surface area contributed by atoms with E-state index in [4.69, 9.17) is 4.74 Å². The Hall–Kier alpha value is -2.32. The lowest BCUT2D eigenvalue weighted by Gasteiger charge is -2.30. The van der Waals surface area contributed by atoms with Gasteiger partial charge in [0.25, 0.3) is 0 Å². The molecular formula is C20H30N4O4. The van der Waals surface area contributed by atoms with Gasteiger partial charge in [0.2, 0.25) is 0 Å². The summed E-state index contributed by atoms with van der Waals surface area (Å²) in [5, 5.41) is 13.2. The summed E-state index contributed by atoms with van der Waals surface area (Å²) >= 11 is 0. The van der Waals surface area contributed by atoms with Crippen LogP contribution in [0.4, 0.5) is 9.59 Å². The summed E-state index contributed by atoms with van der Waals surface area (Å²) in [6.45, 7) is 4.57. The van der Waals surface area contributed by atoms with Crippen molar-refractivity contribution in [3.05, 3.63) is 35.4 Å². The number of rotatable bonds is 4. The second kappa shape index (κ2) is 9.75. The number of carbonyl (C=O) groups is 2. The Bertz CT molecular complexity index is 684. The van der Waals surface area contributed by atoms with Crippen LogP contribution < -0.4 is 5.32 Å². The van der Waals surface area contributed by atoms with Crippen LogP contribution >= 0.6 is 0 Å². The fraction of sp³-hybridized carbons (Fsp3) is 0.600. The van der Waals surface area contributed by atoms with Crippen molar-refractivity contribution in [2.45, 2.75) is 25.5 Å². The van der Waals surface area contributed by atoms with Crippen molar-refractivity contribution < 1.29 is 19.4 Å². The van der Waals surface area contributed by atoms with Gasteiger partial charge in [0.05, 0.1) is 13.2 Å². The number of urea groups is 1. The number of ether oxygens (including phenoxy) is 1. The van der Waals surface area contributed by atoms with Crippen LogP contribution in [0.15, 0.2) is 24.3 Å². The number of aliphatic hydroxyl groups excluding tert-OH is 1. The second-order valence-electron chi connectivity index (χ2n) is 7.39. The van der Waals surface area contributed by atoms with Gasteiger partial charge in [-0.05, 0) is 24.0 Å². The van der Waals surface area contributed by atoms with E-state index >= 15 is 0 Å². The molecule has 28 heavy (non-hydrogen) atoms. The molecule has 0 spiro atoms. The summed E-state index contributed by atoms with van der Waals surface area (Å²) in [5.41, 5.74) is 2.69. The molecule has 0 radical (unpaired) electrons. The molecule has 2 heterocycles. The molecule has 2 aliphatic heterocycles. The van der Waals surface area contributed by atoms with Crippen molar-refractivity contribution in [1.29, 1.82) is 0 Å². The van der Waals surface area contributed by atoms with Gasteiger partial charge in [-0.1, -0.05) is 24.3 Å². The molecule has 0 unspecified atom stereocenters. The molecule has 0 saturated carbocycles. The largest absolute Gasteiger partial charge is 0.453 e. The average Bonchev–Trinajstić information content (AvgIpc) is 2.97. The molecule has 0 aliphatic carbocycles. The van der Waals surface area contributed by atoms with E-state index in [-0.39, 0.29) is 18.7 Å². The van der Waals surface area contributed by atoms with E-state index in [1.807, 2.05) is 6.07 Å². The van der Waals surface area contributed by atoms with Crippen molar-refractivity contribution in [3.63, 3.8) is 0 Å². The highest BCUT2D eigenvalue weighted by atomic mass is 16.5. The first-order valence-electron chi connectivity index (χ1n) is 9.89. The van der Waals surface area contributed by atoms with Crippen LogP contribution in [0.1, 0.15) is 17.5 Å². The zero-order valence-corrected chi connectivity index (χ0v) is 16.5. The SMILES string of the molecule is COC(=O)N1CCCN(C(=O)NC[C@H](O)CN2CCc3ccccc3C2)CC1. The van der Waals surface area contributed by atoms with E-state index in [1.165, 1.54) is 18.2 Å². The maximum atomic E-state index is 12.4. The molecule has 0 aromatic heterocycles. The van der Waals surface area contributed by atoms with Gasteiger partial charge in [0, 0.05) is 52.4 Å². The first-order valence-corrected chi connectivity index (χ1v) is 9.89. The molecule has 3 rings (SSSR count). The van der Waals surface area contributed by atoms with Gasteiger partial charge in [-0.2, -0.15) is 0 Å². The van der Waals surface area contributed by atoms with Gasteiger partial charge in [0.15, 0.2) is 0 Å². The number of nitrogens with zero attached hydrogens (tertiary/aromatic N) is 3. The lowest BCUT2D eigenvalue weighted by molar-refractivity contribution is 0.103. The highest BCUT2D eigenvalue weighted by molar-refractivity contribution is 5.74. The maximum Gasteiger partial charge on any atom is 0.409 e. The quantitative estimate of drug-likeness (QED) is 0.798. The molecule has 1 saturated heterocycles. The number of hydrogen-bond donors (Lipinski definition) is 2. The first kappa shape index (κ1) is 20.4. The number of nitrogens with one attached hydrogen (secondary N) is 1. The zero-order valence-electron chi connectivity index (χ0n) is 16.5. The molecule has 8 nitrogen and oxygen atoms in total. The van der Waals surface area contributed by atoms with Crippen LogP contribution in [0.25, 0.3) is 0 Å². The Kier molecular flexibility index (Phi) is 7.11. The second-order valence-corrected chi connectivity index (χ2v) is 7.39. The minimum Gasteiger partial charge on any atom is -0.453 e. The lowest BCUT2D eigenvalue weighted by atomic mass is 10.00. The van der Waals surface area contributed by atoms with Crippen LogP contribution in [0.5, 0.6) is 0 Å². The number of aliphatic hydroxyl groups is 1. The number of hydrogen-bond acceptors (Lipinski definition) is 5. The van der Waals surface area contributed by atoms with Crippen LogP contribution in [-0.4, -0.2) is 91.0 Å². The van der Waals surface area contributed by atoms with Gasteiger partial charge in [0.1, 0.15) is 0 Å². The molecular weight excluding hydrogens is 360 g/mol. The van der Waals surface area contributed by atoms with Gasteiger partial charge in [-0.25, -0.2) is 9.59 Å². The standard InChI is InChI=1S/C20H30N4O4/c1-28-20(27)24-9-4-8-23(11-12-24)19(26)21-13-18(25)15-22-10-7-16-5-2-3-6-17(16)14-22/h2-3,5-6,18,25H,4,7-15H2,1H3,(H,21,26)/t18-/m0/s1. The Morgan fingerprint density at radius 2 is 1.82 bits per heavy atom. The summed E-state index contributed by atoms with van der Waals surface area (Å²) in [6.07, 6.45) is 0.714. The molecule has 1 aromatic carbocycles. The van der Waals surface area contributed by atoms with Crippen LogP contribution in [0.2, 0.25) is 0 Å². The third-order valence-corrected chi connectivity index (χ3v) is 5.38. The van der Waals surface area contributed by atoms with Gasteiger partial charge in [-0.15, -0.1) is 0 Å². The Morgan fingerprint density at radius 3 is 2.61 bits per heavy atom. The van der Waals surface area contributed by atoms with E-state index in [1.54, 1.807) is 9.80 Å². The summed E-state index contributed by atoms with van der Waals surface area (Å²) < 4.78 is 4.74. The van der Waals surface area contributed by atoms with Crippen molar-refractivity contribution in [1.82, 2.24) is 20.0 Å². The molecule has 1 atom stereocenters. The minimum atomic E-state index is -0.618. The summed E-state index contributed by atoms with van der Waals surface area (Å²) in [7, 11) is 1.36. The lowest BCUT2D eigenvalue weighted by Crippen LogP contribution is -2.47. The molecule has 1 fully saturated rings. The minimum absolute atomic E-state index is 0.199. The molecule has 8 heteroatoms. The number of benzene rings is 1. The monoisotopic (exact) mass is 390 g/mol. The van der Waals surface area contributed by atoms with Crippen molar-refractivity contribution in [3.8, 4) is 0 Å². The van der Waals surface area contributed by atoms with Crippen molar-refractivity contribution in [2.75, 3.05) is 52.9 Å². The predicted octanol–water partition coefficient (Wildman–Crippen LogP) is 0.889. The van der Waals surface area contributed by atoms with Gasteiger partial charge >= 0.3 is 12.1 Å². The number of amides is 3. The van der Waals surface area contributed by atoms with Gasteiger partial charge in [-0.3, -0.25) is 4.90 Å². The smallest absolute Gasteiger partial charge is 0.409 e. The normalized spacial score (nSPS) is 18.8. The van der Waals surface area contributed by atoms with E-state index < -0.39 is 6.10 Å². The summed E-state index contributed by atoms with van der Waals surface area (Å²) in [5.74, 6) is 0. The number of carbonyl (C=O) groups excluding carboxylic acids is 2. The summed E-state index contributed by atoms with van der Waals surface area (Å²) in [4.78, 5) is 29.6. The van der Waals surface area contributed by atoms with Gasteiger partial charge < -0.3 is 25.0 Å². The highest BCUT2D eigenvalue weighted by Crippen LogP contribution is 2.18. The number of fused-ring (bicyclic) bond motifs is 1. The predicted molar refractivity (Wildman–Crippen MR) is 105 cm³/mol. The van der Waals surface area contributed by atoms with Crippen molar-refractivity contribution >= 4 is 12.1 Å². The average molecular weight is 390 g/mol. The van der Waals surface area contributed by atoms with E-state index in [0.717, 1.165) is 19.5 Å². The Morgan fingerprint density at radius 1 is 1.11 bits per heavy atom. The fourth-order valence-corrected chi connectivity index (χ4v) is 3.82. The molecule has 3 amide bonds. The molecule has 154 valence electrons. The maximum absolute atomic E-state index is 12.4. The topological polar surface area (TPSA) is 85.3 Å². The third kappa shape index (κ3) is 5.36. The van der Waals surface area contributed by atoms with E-state index in [0.29, 0.717) is 39.1 Å². The Balaban J connectivity index is 1.40. The number of β-amino-alcohol motifs (C(OH)–C–C–N with tert-alkyl or cyclic N) is 1. The highest BCUT2D eigenvalue weighted by Gasteiger charge is 2.23. The van der Waals surface area contributed by atoms with Crippen LogP contribution in [0.3, 0.4) is 0 Å². The van der Waals surface area contributed by atoms with Crippen LogP contribution in [0, 0.1) is 0 Å². The van der Waals surface area contributed by atoms with Crippen molar-refractivity contribution in [2.24, 2.45) is 0 Å².